The van der Waals surface area contributed by atoms with Gasteiger partial charge in [-0.15, -0.1) is 0 Å². The van der Waals surface area contributed by atoms with E-state index in [4.69, 9.17) is 0 Å². The molecule has 1 rings (SSSR count). The largest absolute Gasteiger partial charge is 0.401 e. The van der Waals surface area contributed by atoms with Gasteiger partial charge in [0.2, 0.25) is 0 Å². The summed E-state index contributed by atoms with van der Waals surface area (Å²) in [5, 5.41) is 2.18. The van der Waals surface area contributed by atoms with E-state index in [1.807, 2.05) is 0 Å². The molecule has 1 fully saturated rings. The Labute approximate surface area is 101 Å². The molecule has 1 unspecified atom stereocenters. The van der Waals surface area contributed by atoms with Crippen LogP contribution in [0.3, 0.4) is 0 Å². The van der Waals surface area contributed by atoms with Gasteiger partial charge in [-0.3, -0.25) is 0 Å². The van der Waals surface area contributed by atoms with Crippen molar-refractivity contribution < 1.29 is 26.3 Å². The molecule has 1 saturated heterocycles. The maximum Gasteiger partial charge on any atom is 0.401 e. The molecule has 0 radical (unpaired) electrons. The molecule has 0 bridgehead atoms. The first-order chi connectivity index (χ1) is 8.18. The normalized spacial score (nSPS) is 23.3. The molecule has 1 aliphatic rings. The number of hydrogen-bond acceptors (Lipinski definition) is 2. The van der Waals surface area contributed by atoms with Gasteiger partial charge in [0.15, 0.2) is 0 Å². The molecule has 0 aliphatic carbocycles. The Bertz CT molecular complexity index is 250. The molecule has 1 aliphatic heterocycles. The molecular weight excluding hydrogens is 262 g/mol. The first-order valence-electron chi connectivity index (χ1n) is 5.75. The monoisotopic (exact) mass is 278 g/mol. The predicted octanol–water partition coefficient (Wildman–Crippen LogP) is 2.41. The summed E-state index contributed by atoms with van der Waals surface area (Å²) in [5.41, 5.74) is 0. The van der Waals surface area contributed by atoms with Gasteiger partial charge < -0.3 is 10.2 Å². The van der Waals surface area contributed by atoms with Gasteiger partial charge in [-0.25, -0.2) is 0 Å². The number of nitrogens with zero attached hydrogens (tertiary/aromatic N) is 1. The van der Waals surface area contributed by atoms with Gasteiger partial charge >= 0.3 is 12.4 Å². The fourth-order valence-electron chi connectivity index (χ4n) is 1.99. The van der Waals surface area contributed by atoms with E-state index in [0.717, 1.165) is 0 Å². The van der Waals surface area contributed by atoms with Crippen molar-refractivity contribution in [2.45, 2.75) is 25.2 Å². The third-order valence-corrected chi connectivity index (χ3v) is 2.90. The second kappa shape index (κ2) is 6.10. The maximum atomic E-state index is 12.5. The van der Waals surface area contributed by atoms with Crippen LogP contribution in [0.2, 0.25) is 0 Å². The van der Waals surface area contributed by atoms with E-state index in [9.17, 15) is 26.3 Å². The molecule has 2 nitrogen and oxygen atoms in total. The van der Waals surface area contributed by atoms with Gasteiger partial charge in [-0.2, -0.15) is 26.3 Å². The van der Waals surface area contributed by atoms with E-state index in [2.05, 4.69) is 5.32 Å². The van der Waals surface area contributed by atoms with Crippen LogP contribution in [-0.4, -0.2) is 50.0 Å². The van der Waals surface area contributed by atoms with Crippen molar-refractivity contribution >= 4 is 0 Å². The fraction of sp³-hybridized carbons (Fsp3) is 1.00. The van der Waals surface area contributed by atoms with Gasteiger partial charge in [-0.05, 0) is 19.4 Å². The SMILES string of the molecule is FC(F)(F)CNCCN1CCCC(C(F)(F)F)C1. The molecule has 0 aromatic carbocycles. The standard InChI is InChI=1S/C10H16F6N2/c11-9(12,13)7-17-3-5-18-4-1-2-8(6-18)10(14,15)16/h8,17H,1-7H2. The summed E-state index contributed by atoms with van der Waals surface area (Å²) in [4.78, 5) is 1.56. The number of likely N-dealkylation sites (tertiary alicyclic amines) is 1. The van der Waals surface area contributed by atoms with E-state index in [1.165, 1.54) is 0 Å². The van der Waals surface area contributed by atoms with Crippen molar-refractivity contribution in [2.24, 2.45) is 5.92 Å². The third kappa shape index (κ3) is 5.90. The highest BCUT2D eigenvalue weighted by Crippen LogP contribution is 2.32. The molecule has 1 heterocycles. The number of halogens is 6. The van der Waals surface area contributed by atoms with Crippen LogP contribution < -0.4 is 5.32 Å². The van der Waals surface area contributed by atoms with Gasteiger partial charge in [0.05, 0.1) is 12.5 Å². The number of nitrogens with one attached hydrogen (secondary N) is 1. The molecule has 18 heavy (non-hydrogen) atoms. The lowest BCUT2D eigenvalue weighted by atomic mass is 9.97. The number of alkyl halides is 6. The molecule has 8 heteroatoms. The molecule has 0 amide bonds. The predicted molar refractivity (Wildman–Crippen MR) is 54.1 cm³/mol. The Morgan fingerprint density at radius 2 is 1.78 bits per heavy atom. The summed E-state index contributed by atoms with van der Waals surface area (Å²) >= 11 is 0. The quantitative estimate of drug-likeness (QED) is 0.627. The van der Waals surface area contributed by atoms with Crippen molar-refractivity contribution in [3.05, 3.63) is 0 Å². The van der Waals surface area contributed by atoms with Crippen LogP contribution in [-0.2, 0) is 0 Å². The van der Waals surface area contributed by atoms with E-state index in [1.54, 1.807) is 4.90 Å². The highest BCUT2D eigenvalue weighted by molar-refractivity contribution is 4.78. The van der Waals surface area contributed by atoms with Crippen LogP contribution in [0.5, 0.6) is 0 Å². The molecule has 0 aromatic heterocycles. The summed E-state index contributed by atoms with van der Waals surface area (Å²) in [6.45, 7) is -0.451. The lowest BCUT2D eigenvalue weighted by Gasteiger charge is -2.33. The van der Waals surface area contributed by atoms with E-state index < -0.39 is 24.8 Å². The van der Waals surface area contributed by atoms with Gasteiger partial charge in [0.1, 0.15) is 0 Å². The minimum atomic E-state index is -4.28. The zero-order chi connectivity index (χ0) is 13.8. The van der Waals surface area contributed by atoms with Crippen LogP contribution in [0.4, 0.5) is 26.3 Å². The van der Waals surface area contributed by atoms with Crippen molar-refractivity contribution in [3.8, 4) is 0 Å². The third-order valence-electron chi connectivity index (χ3n) is 2.90. The smallest absolute Gasteiger partial charge is 0.307 e. The van der Waals surface area contributed by atoms with Crippen LogP contribution >= 0.6 is 0 Å². The summed E-state index contributed by atoms with van der Waals surface area (Å²) in [5.74, 6) is -1.35. The lowest BCUT2D eigenvalue weighted by molar-refractivity contribution is -0.186. The van der Waals surface area contributed by atoms with E-state index >= 15 is 0 Å². The topological polar surface area (TPSA) is 15.3 Å². The molecule has 1 atom stereocenters. The van der Waals surface area contributed by atoms with Crippen molar-refractivity contribution in [1.82, 2.24) is 10.2 Å². The van der Waals surface area contributed by atoms with E-state index in [0.29, 0.717) is 13.0 Å². The minimum Gasteiger partial charge on any atom is -0.307 e. The Morgan fingerprint density at radius 3 is 2.33 bits per heavy atom. The van der Waals surface area contributed by atoms with Gasteiger partial charge in [-0.1, -0.05) is 0 Å². The summed E-state index contributed by atoms with van der Waals surface area (Å²) in [6.07, 6.45) is -7.95. The first-order valence-corrected chi connectivity index (χ1v) is 5.75. The Morgan fingerprint density at radius 1 is 1.11 bits per heavy atom. The molecular formula is C10H16F6N2. The molecule has 0 saturated carbocycles. The van der Waals surface area contributed by atoms with Crippen LogP contribution in [0.25, 0.3) is 0 Å². The average Bonchev–Trinajstić information content (AvgIpc) is 2.22. The summed E-state index contributed by atoms with van der Waals surface area (Å²) in [7, 11) is 0. The number of piperidine rings is 1. The van der Waals surface area contributed by atoms with E-state index in [-0.39, 0.29) is 26.1 Å². The van der Waals surface area contributed by atoms with Gasteiger partial charge in [0, 0.05) is 19.6 Å². The molecule has 0 aromatic rings. The molecule has 1 N–H and O–H groups in total. The minimum absolute atomic E-state index is 0.0457. The second-order valence-corrected chi connectivity index (χ2v) is 4.47. The van der Waals surface area contributed by atoms with Crippen LogP contribution in [0.1, 0.15) is 12.8 Å². The Kier molecular flexibility index (Phi) is 5.27. The average molecular weight is 278 g/mol. The maximum absolute atomic E-state index is 12.5. The summed E-state index contributed by atoms with van der Waals surface area (Å²) < 4.78 is 72.8. The Balaban J connectivity index is 2.23. The van der Waals surface area contributed by atoms with Crippen LogP contribution in [0, 0.1) is 5.92 Å². The molecule has 0 spiro atoms. The number of hydrogen-bond donors (Lipinski definition) is 1. The second-order valence-electron chi connectivity index (χ2n) is 4.47. The molecule has 108 valence electrons. The highest BCUT2D eigenvalue weighted by atomic mass is 19.4. The zero-order valence-electron chi connectivity index (χ0n) is 9.74. The van der Waals surface area contributed by atoms with Crippen molar-refractivity contribution in [1.29, 1.82) is 0 Å². The van der Waals surface area contributed by atoms with Crippen molar-refractivity contribution in [2.75, 3.05) is 32.7 Å². The zero-order valence-corrected chi connectivity index (χ0v) is 9.74. The fourth-order valence-corrected chi connectivity index (χ4v) is 1.99. The highest BCUT2D eigenvalue weighted by Gasteiger charge is 2.41. The van der Waals surface area contributed by atoms with Crippen LogP contribution in [0.15, 0.2) is 0 Å². The number of rotatable bonds is 4. The van der Waals surface area contributed by atoms with Gasteiger partial charge in [0.25, 0.3) is 0 Å². The Hall–Kier alpha value is -0.500. The first kappa shape index (κ1) is 15.6. The van der Waals surface area contributed by atoms with Crippen molar-refractivity contribution in [3.63, 3.8) is 0 Å². The lowest BCUT2D eigenvalue weighted by Crippen LogP contribution is -2.44. The summed E-state index contributed by atoms with van der Waals surface area (Å²) in [6, 6.07) is 0.